The first-order valence-corrected chi connectivity index (χ1v) is 8.27. The van der Waals surface area contributed by atoms with Crippen LogP contribution in [0.15, 0.2) is 67.0 Å². The molecule has 0 radical (unpaired) electrons. The summed E-state index contributed by atoms with van der Waals surface area (Å²) < 4.78 is 7.34. The Morgan fingerprint density at radius 1 is 1.19 bits per heavy atom. The van der Waals surface area contributed by atoms with Gasteiger partial charge in [0.2, 0.25) is 6.41 Å². The molecule has 0 aliphatic rings. The van der Waals surface area contributed by atoms with E-state index in [0.717, 1.165) is 23.7 Å². The van der Waals surface area contributed by atoms with Crippen molar-refractivity contribution in [1.29, 1.82) is 0 Å². The Bertz CT molecular complexity index is 785. The van der Waals surface area contributed by atoms with Crippen LogP contribution >= 0.6 is 0 Å². The van der Waals surface area contributed by atoms with Crippen LogP contribution in [0.25, 0.3) is 5.69 Å². The van der Waals surface area contributed by atoms with Crippen LogP contribution < -0.4 is 15.8 Å². The Balaban J connectivity index is 0.000000758. The van der Waals surface area contributed by atoms with Crippen molar-refractivity contribution in [2.45, 2.75) is 12.5 Å². The van der Waals surface area contributed by atoms with Gasteiger partial charge < -0.3 is 20.4 Å². The third-order valence-corrected chi connectivity index (χ3v) is 3.96. The number of hydrogen-bond donors (Lipinski definition) is 2. The number of carbonyl (C=O) groups excluding carboxylic acids is 1. The summed E-state index contributed by atoms with van der Waals surface area (Å²) in [7, 11) is 3.65. The standard InChI is InChI=1S/C19H21N3O.CH3NO/c1-20-18(14-15-6-4-3-5-7-15)19-21-12-13-22(19)16-8-10-17(23-2)11-9-16;2-1-3/h3-13,18,20H,14H2,1-2H3;1H,(H2,2,3). The number of imidazole rings is 1. The summed E-state index contributed by atoms with van der Waals surface area (Å²) in [6, 6.07) is 18.6. The Hall–Kier alpha value is -3.12. The maximum atomic E-state index is 8.58. The van der Waals surface area contributed by atoms with Gasteiger partial charge in [-0.1, -0.05) is 30.3 Å². The van der Waals surface area contributed by atoms with Crippen molar-refractivity contribution in [3.63, 3.8) is 0 Å². The molecule has 0 aliphatic carbocycles. The van der Waals surface area contributed by atoms with Gasteiger partial charge >= 0.3 is 0 Å². The lowest BCUT2D eigenvalue weighted by molar-refractivity contribution is -0.106. The summed E-state index contributed by atoms with van der Waals surface area (Å²) in [6.45, 7) is 0. The number of nitrogens with zero attached hydrogens (tertiary/aromatic N) is 2. The summed E-state index contributed by atoms with van der Waals surface area (Å²) in [5, 5.41) is 3.38. The maximum absolute atomic E-state index is 8.58. The molecule has 0 saturated carbocycles. The number of rotatable bonds is 6. The molecule has 1 unspecified atom stereocenters. The number of benzene rings is 2. The normalized spacial score (nSPS) is 11.2. The molecule has 1 amide bonds. The van der Waals surface area contributed by atoms with E-state index in [1.165, 1.54) is 5.56 Å². The minimum Gasteiger partial charge on any atom is -0.497 e. The molecule has 3 aromatic rings. The second kappa shape index (κ2) is 10.0. The van der Waals surface area contributed by atoms with Crippen molar-refractivity contribution in [2.24, 2.45) is 5.73 Å². The zero-order chi connectivity index (χ0) is 18.8. The number of aromatic nitrogens is 2. The average molecular weight is 352 g/mol. The number of amides is 1. The molecule has 136 valence electrons. The van der Waals surface area contributed by atoms with Crippen LogP contribution in [0.5, 0.6) is 5.75 Å². The van der Waals surface area contributed by atoms with E-state index in [-0.39, 0.29) is 12.5 Å². The maximum Gasteiger partial charge on any atom is 0.204 e. The second-order valence-electron chi connectivity index (χ2n) is 5.52. The average Bonchev–Trinajstić information content (AvgIpc) is 3.17. The molecular formula is C20H24N4O2. The molecular weight excluding hydrogens is 328 g/mol. The zero-order valence-electron chi connectivity index (χ0n) is 15.0. The molecule has 0 saturated heterocycles. The lowest BCUT2D eigenvalue weighted by Gasteiger charge is -2.18. The second-order valence-corrected chi connectivity index (χ2v) is 5.52. The number of ether oxygens (including phenoxy) is 1. The highest BCUT2D eigenvalue weighted by molar-refractivity contribution is 5.42. The first kappa shape index (κ1) is 19.2. The van der Waals surface area contributed by atoms with Crippen LogP contribution in [0, 0.1) is 0 Å². The molecule has 1 heterocycles. The molecule has 6 heteroatoms. The number of carbonyl (C=O) groups is 1. The number of nitrogens with two attached hydrogens (primary N) is 1. The summed E-state index contributed by atoms with van der Waals surface area (Å²) in [5.41, 5.74) is 6.53. The summed E-state index contributed by atoms with van der Waals surface area (Å²) in [6.07, 6.45) is 4.98. The number of likely N-dealkylation sites (N-methyl/N-ethyl adjacent to an activating group) is 1. The van der Waals surface area contributed by atoms with Crippen LogP contribution in [-0.2, 0) is 11.2 Å². The molecule has 3 N–H and O–H groups in total. The summed E-state index contributed by atoms with van der Waals surface area (Å²) in [5.74, 6) is 1.85. The van der Waals surface area contributed by atoms with Gasteiger partial charge in [-0.3, -0.25) is 4.79 Å². The van der Waals surface area contributed by atoms with Gasteiger partial charge in [0, 0.05) is 18.1 Å². The quantitative estimate of drug-likeness (QED) is 0.668. The molecule has 6 nitrogen and oxygen atoms in total. The van der Waals surface area contributed by atoms with Crippen molar-refractivity contribution >= 4 is 6.41 Å². The van der Waals surface area contributed by atoms with E-state index in [0.29, 0.717) is 0 Å². The van der Waals surface area contributed by atoms with Crippen LogP contribution in [0.2, 0.25) is 0 Å². The van der Waals surface area contributed by atoms with Gasteiger partial charge in [0.1, 0.15) is 11.6 Å². The monoisotopic (exact) mass is 352 g/mol. The minimum atomic E-state index is 0.148. The fourth-order valence-electron chi connectivity index (χ4n) is 2.71. The van der Waals surface area contributed by atoms with Crippen LogP contribution in [0.1, 0.15) is 17.4 Å². The predicted octanol–water partition coefficient (Wildman–Crippen LogP) is 2.49. The SMILES string of the molecule is CNC(Cc1ccccc1)c1nccn1-c1ccc(OC)cc1.NC=O. The first-order chi connectivity index (χ1) is 12.7. The third kappa shape index (κ3) is 4.94. The molecule has 1 atom stereocenters. The summed E-state index contributed by atoms with van der Waals surface area (Å²) >= 11 is 0. The van der Waals surface area contributed by atoms with Crippen LogP contribution in [-0.4, -0.2) is 30.1 Å². The Morgan fingerprint density at radius 2 is 1.85 bits per heavy atom. The number of primary amides is 1. The van der Waals surface area contributed by atoms with Gasteiger partial charge in [0.05, 0.1) is 13.2 Å². The molecule has 3 rings (SSSR count). The highest BCUT2D eigenvalue weighted by Gasteiger charge is 2.16. The molecule has 0 spiro atoms. The zero-order valence-corrected chi connectivity index (χ0v) is 15.0. The highest BCUT2D eigenvalue weighted by Crippen LogP contribution is 2.22. The van der Waals surface area contributed by atoms with E-state index in [2.05, 4.69) is 44.9 Å². The van der Waals surface area contributed by atoms with Crippen molar-refractivity contribution in [3.05, 3.63) is 78.4 Å². The molecule has 26 heavy (non-hydrogen) atoms. The number of nitrogens with one attached hydrogen (secondary N) is 1. The van der Waals surface area contributed by atoms with E-state index in [4.69, 9.17) is 9.53 Å². The molecule has 0 bridgehead atoms. The third-order valence-electron chi connectivity index (χ3n) is 3.96. The van der Waals surface area contributed by atoms with Crippen LogP contribution in [0.4, 0.5) is 0 Å². The van der Waals surface area contributed by atoms with Crippen molar-refractivity contribution < 1.29 is 9.53 Å². The largest absolute Gasteiger partial charge is 0.497 e. The first-order valence-electron chi connectivity index (χ1n) is 8.27. The Kier molecular flexibility index (Phi) is 7.39. The lowest BCUT2D eigenvalue weighted by Crippen LogP contribution is -2.22. The highest BCUT2D eigenvalue weighted by atomic mass is 16.5. The van der Waals surface area contributed by atoms with E-state index in [1.54, 1.807) is 7.11 Å². The Labute approximate surface area is 153 Å². The van der Waals surface area contributed by atoms with Gasteiger partial charge in [-0.2, -0.15) is 0 Å². The van der Waals surface area contributed by atoms with E-state index >= 15 is 0 Å². The summed E-state index contributed by atoms with van der Waals surface area (Å²) in [4.78, 5) is 13.2. The molecule has 0 aliphatic heterocycles. The minimum absolute atomic E-state index is 0.148. The van der Waals surface area contributed by atoms with E-state index < -0.39 is 0 Å². The molecule has 0 fully saturated rings. The smallest absolute Gasteiger partial charge is 0.204 e. The Morgan fingerprint density at radius 3 is 2.42 bits per heavy atom. The number of hydrogen-bond acceptors (Lipinski definition) is 4. The van der Waals surface area contributed by atoms with Gasteiger partial charge in [0.25, 0.3) is 0 Å². The number of methoxy groups -OCH3 is 1. The van der Waals surface area contributed by atoms with Gasteiger partial charge in [-0.25, -0.2) is 4.98 Å². The predicted molar refractivity (Wildman–Crippen MR) is 102 cm³/mol. The van der Waals surface area contributed by atoms with Crippen molar-refractivity contribution in [3.8, 4) is 11.4 Å². The fourth-order valence-corrected chi connectivity index (χ4v) is 2.71. The van der Waals surface area contributed by atoms with Crippen LogP contribution in [0.3, 0.4) is 0 Å². The lowest BCUT2D eigenvalue weighted by atomic mass is 10.1. The molecule has 2 aromatic carbocycles. The van der Waals surface area contributed by atoms with E-state index in [9.17, 15) is 0 Å². The van der Waals surface area contributed by atoms with Crippen molar-refractivity contribution in [1.82, 2.24) is 14.9 Å². The molecule has 1 aromatic heterocycles. The fraction of sp³-hybridized carbons (Fsp3) is 0.200. The van der Waals surface area contributed by atoms with E-state index in [1.807, 2.05) is 49.8 Å². The van der Waals surface area contributed by atoms with Gasteiger partial charge in [-0.05, 0) is 43.3 Å². The van der Waals surface area contributed by atoms with Gasteiger partial charge in [0.15, 0.2) is 0 Å². The van der Waals surface area contributed by atoms with Crippen molar-refractivity contribution in [2.75, 3.05) is 14.2 Å². The topological polar surface area (TPSA) is 82.2 Å². The van der Waals surface area contributed by atoms with Gasteiger partial charge in [-0.15, -0.1) is 0 Å².